The summed E-state index contributed by atoms with van der Waals surface area (Å²) in [5, 5.41) is 11.6. The van der Waals surface area contributed by atoms with Crippen molar-refractivity contribution in [2.75, 3.05) is 0 Å². The van der Waals surface area contributed by atoms with Gasteiger partial charge in [-0.05, 0) is 48.5 Å². The summed E-state index contributed by atoms with van der Waals surface area (Å²) < 4.78 is 6.34. The molecule has 0 saturated heterocycles. The van der Waals surface area contributed by atoms with E-state index in [4.69, 9.17) is 4.42 Å². The van der Waals surface area contributed by atoms with Crippen molar-refractivity contribution in [2.45, 2.75) is 13.8 Å². The predicted molar refractivity (Wildman–Crippen MR) is 164 cm³/mol. The number of hydrogen-bond acceptors (Lipinski definition) is 4. The van der Waals surface area contributed by atoms with E-state index in [1.54, 1.807) is 6.20 Å². The fourth-order valence-corrected chi connectivity index (χ4v) is 4.81. The van der Waals surface area contributed by atoms with Gasteiger partial charge >= 0.3 is 0 Å². The molecule has 1 radical (unpaired) electrons. The number of aromatic nitrogens is 2. The van der Waals surface area contributed by atoms with Crippen molar-refractivity contribution in [1.82, 2.24) is 9.97 Å². The molecular formula is C37H25IrN3O-2. The molecule has 0 saturated carbocycles. The van der Waals surface area contributed by atoms with Gasteiger partial charge in [-0.2, -0.15) is 5.26 Å². The summed E-state index contributed by atoms with van der Waals surface area (Å²) >= 11 is 0. The van der Waals surface area contributed by atoms with Gasteiger partial charge in [0.25, 0.3) is 0 Å². The first kappa shape index (κ1) is 28.6. The number of nitriles is 1. The minimum absolute atomic E-state index is 0. The van der Waals surface area contributed by atoms with Crippen LogP contribution in [0.4, 0.5) is 0 Å². The SMILES string of the molecule is Cc1cnc(-c2[c-]cccc2)cc1C.N#Cc1ccc2c(oc3c(-c4ccccn4)[c-]ccc32)c1-c1ccccc1.[Ir]. The molecule has 4 nitrogen and oxygen atoms in total. The Labute approximate surface area is 258 Å². The number of aryl methyl sites for hydroxylation is 2. The molecule has 0 amide bonds. The van der Waals surface area contributed by atoms with Crippen LogP contribution in [0.25, 0.3) is 55.6 Å². The summed E-state index contributed by atoms with van der Waals surface area (Å²) in [6, 6.07) is 42.1. The van der Waals surface area contributed by atoms with Crippen molar-refractivity contribution in [2.24, 2.45) is 0 Å². The maximum Gasteiger partial charge on any atom is 0.130 e. The predicted octanol–water partition coefficient (Wildman–Crippen LogP) is 9.15. The van der Waals surface area contributed by atoms with E-state index in [2.05, 4.69) is 48.1 Å². The summed E-state index contributed by atoms with van der Waals surface area (Å²) in [6.45, 7) is 4.17. The second-order valence-corrected chi connectivity index (χ2v) is 9.69. The Morgan fingerprint density at radius 3 is 2.21 bits per heavy atom. The van der Waals surface area contributed by atoms with Crippen LogP contribution >= 0.6 is 0 Å². The third kappa shape index (κ3) is 5.64. The van der Waals surface area contributed by atoms with Crippen LogP contribution in [-0.2, 0) is 20.1 Å². The van der Waals surface area contributed by atoms with Crippen LogP contribution in [0.15, 0.2) is 120 Å². The molecule has 0 fully saturated rings. The number of hydrogen-bond donors (Lipinski definition) is 0. The molecule has 5 heteroatoms. The molecule has 0 aliphatic carbocycles. The smallest absolute Gasteiger partial charge is 0.130 e. The Morgan fingerprint density at radius 2 is 1.50 bits per heavy atom. The van der Waals surface area contributed by atoms with Crippen molar-refractivity contribution in [3.05, 3.63) is 144 Å². The van der Waals surface area contributed by atoms with Crippen LogP contribution in [-0.4, -0.2) is 9.97 Å². The standard InChI is InChI=1S/C24H13N2O.C13H12N.Ir/c25-15-17-12-13-19-18-9-6-10-20(21-11-4-5-14-26-21)23(18)27-24(19)22(17)16-7-2-1-3-8-16;1-10-8-13(14-9-11(10)2)12-6-4-3-5-7-12;/h1-9,11-14H;3-6,8-9H,1-2H3;/q2*-1;. The molecule has 4 aromatic carbocycles. The molecule has 0 N–H and O–H groups in total. The number of furan rings is 1. The zero-order valence-electron chi connectivity index (χ0n) is 23.1. The molecule has 0 unspecified atom stereocenters. The van der Waals surface area contributed by atoms with Crippen LogP contribution in [0, 0.1) is 37.3 Å². The van der Waals surface area contributed by atoms with Crippen LogP contribution < -0.4 is 0 Å². The van der Waals surface area contributed by atoms with Gasteiger partial charge in [0.05, 0.1) is 17.2 Å². The Morgan fingerprint density at radius 1 is 0.714 bits per heavy atom. The molecule has 0 atom stereocenters. The van der Waals surface area contributed by atoms with Gasteiger partial charge in [-0.25, -0.2) is 0 Å². The van der Waals surface area contributed by atoms with Gasteiger partial charge in [-0.15, -0.1) is 54.1 Å². The molecule has 0 aliphatic rings. The zero-order chi connectivity index (χ0) is 28.2. The van der Waals surface area contributed by atoms with E-state index < -0.39 is 0 Å². The van der Waals surface area contributed by atoms with Gasteiger partial charge in [-0.1, -0.05) is 71.1 Å². The largest absolute Gasteiger partial charge is 0.500 e. The van der Waals surface area contributed by atoms with Gasteiger partial charge in [-0.3, -0.25) is 0 Å². The third-order valence-electron chi connectivity index (χ3n) is 7.06. The summed E-state index contributed by atoms with van der Waals surface area (Å²) in [5.41, 5.74) is 9.99. The summed E-state index contributed by atoms with van der Waals surface area (Å²) in [6.07, 6.45) is 3.67. The third-order valence-corrected chi connectivity index (χ3v) is 7.06. The van der Waals surface area contributed by atoms with E-state index in [1.807, 2.05) is 103 Å². The van der Waals surface area contributed by atoms with E-state index >= 15 is 0 Å². The molecule has 0 aliphatic heterocycles. The first-order chi connectivity index (χ1) is 20.1. The van der Waals surface area contributed by atoms with E-state index in [0.717, 1.165) is 50.0 Å². The van der Waals surface area contributed by atoms with Gasteiger partial charge in [0.1, 0.15) is 5.58 Å². The number of nitrogens with zero attached hydrogens (tertiary/aromatic N) is 3. The summed E-state index contributed by atoms with van der Waals surface area (Å²) in [5.74, 6) is 0. The number of rotatable bonds is 3. The van der Waals surface area contributed by atoms with E-state index in [-0.39, 0.29) is 20.1 Å². The number of fused-ring (bicyclic) bond motifs is 3. The fourth-order valence-electron chi connectivity index (χ4n) is 4.81. The molecule has 3 heterocycles. The maximum absolute atomic E-state index is 9.64. The molecule has 42 heavy (non-hydrogen) atoms. The molecular weight excluding hydrogens is 695 g/mol. The van der Waals surface area contributed by atoms with Gasteiger partial charge in [0.15, 0.2) is 0 Å². The van der Waals surface area contributed by atoms with Crippen molar-refractivity contribution in [1.29, 1.82) is 5.26 Å². The molecule has 3 aromatic heterocycles. The van der Waals surface area contributed by atoms with Crippen LogP contribution in [0.3, 0.4) is 0 Å². The average molecular weight is 720 g/mol. The van der Waals surface area contributed by atoms with E-state index in [1.165, 1.54) is 11.1 Å². The molecule has 7 rings (SSSR count). The minimum Gasteiger partial charge on any atom is -0.500 e. The van der Waals surface area contributed by atoms with Crippen molar-refractivity contribution in [3.63, 3.8) is 0 Å². The Balaban J connectivity index is 0.000000200. The number of pyridine rings is 2. The topological polar surface area (TPSA) is 62.7 Å². The second-order valence-electron chi connectivity index (χ2n) is 9.69. The van der Waals surface area contributed by atoms with Crippen molar-refractivity contribution in [3.8, 4) is 39.7 Å². The molecule has 7 aromatic rings. The minimum atomic E-state index is 0. The normalized spacial score (nSPS) is 10.4. The van der Waals surface area contributed by atoms with Crippen molar-refractivity contribution < 1.29 is 24.5 Å². The van der Waals surface area contributed by atoms with Crippen molar-refractivity contribution >= 4 is 21.9 Å². The molecule has 205 valence electrons. The molecule has 0 spiro atoms. The Hall–Kier alpha value is -4.88. The summed E-state index contributed by atoms with van der Waals surface area (Å²) in [7, 11) is 0. The van der Waals surface area contributed by atoms with E-state index in [9.17, 15) is 5.26 Å². The van der Waals surface area contributed by atoms with Crippen LogP contribution in [0.5, 0.6) is 0 Å². The fraction of sp³-hybridized carbons (Fsp3) is 0.0541. The quantitative estimate of drug-likeness (QED) is 0.171. The van der Waals surface area contributed by atoms with E-state index in [0.29, 0.717) is 11.1 Å². The molecule has 0 bridgehead atoms. The van der Waals surface area contributed by atoms with Crippen LogP contribution in [0.2, 0.25) is 0 Å². The Kier molecular flexibility index (Phi) is 8.69. The Bertz CT molecular complexity index is 2010. The monoisotopic (exact) mass is 720 g/mol. The first-order valence-electron chi connectivity index (χ1n) is 13.3. The summed E-state index contributed by atoms with van der Waals surface area (Å²) in [4.78, 5) is 8.82. The second kappa shape index (κ2) is 12.7. The zero-order valence-corrected chi connectivity index (χ0v) is 25.4. The van der Waals surface area contributed by atoms with Gasteiger partial charge in [0.2, 0.25) is 0 Å². The van der Waals surface area contributed by atoms with Gasteiger partial charge in [0, 0.05) is 43.4 Å². The first-order valence-corrected chi connectivity index (χ1v) is 13.3. The average Bonchev–Trinajstić information content (AvgIpc) is 3.42. The van der Waals surface area contributed by atoms with Crippen LogP contribution in [0.1, 0.15) is 16.7 Å². The van der Waals surface area contributed by atoms with Gasteiger partial charge < -0.3 is 14.4 Å². The number of benzene rings is 4. The maximum atomic E-state index is 9.64.